The van der Waals surface area contributed by atoms with E-state index in [1.54, 1.807) is 67.6 Å². The van der Waals surface area contributed by atoms with Crippen LogP contribution in [0.4, 0.5) is 10.1 Å². The predicted molar refractivity (Wildman–Crippen MR) is 134 cm³/mol. The average molecular weight is 502 g/mol. The van der Waals surface area contributed by atoms with Crippen LogP contribution in [0, 0.1) is 5.82 Å². The van der Waals surface area contributed by atoms with Gasteiger partial charge in [0.15, 0.2) is 5.69 Å². The van der Waals surface area contributed by atoms with Crippen molar-refractivity contribution >= 4 is 23.5 Å². The zero-order valence-corrected chi connectivity index (χ0v) is 20.2. The van der Waals surface area contributed by atoms with Crippen molar-refractivity contribution in [3.05, 3.63) is 102 Å². The molecule has 1 heterocycles. The minimum Gasteiger partial charge on any atom is -0.461 e. The number of ether oxygens (including phenoxy) is 2. The van der Waals surface area contributed by atoms with Crippen molar-refractivity contribution in [2.45, 2.75) is 20.0 Å². The van der Waals surface area contributed by atoms with Gasteiger partial charge in [0.1, 0.15) is 5.82 Å². The van der Waals surface area contributed by atoms with Gasteiger partial charge in [0.25, 0.3) is 5.91 Å². The second-order valence-corrected chi connectivity index (χ2v) is 7.99. The molecular weight excluding hydrogens is 477 g/mol. The van der Waals surface area contributed by atoms with E-state index in [0.29, 0.717) is 28.2 Å². The Morgan fingerprint density at radius 2 is 1.70 bits per heavy atom. The summed E-state index contributed by atoms with van der Waals surface area (Å²) in [5, 5.41) is 7.16. The lowest BCUT2D eigenvalue weighted by molar-refractivity contribution is -0.152. The Labute approximate surface area is 212 Å². The largest absolute Gasteiger partial charge is 0.461 e. The highest BCUT2D eigenvalue weighted by molar-refractivity contribution is 5.96. The Kier molecular flexibility index (Phi) is 7.73. The maximum atomic E-state index is 13.5. The quantitative estimate of drug-likeness (QED) is 0.337. The fraction of sp³-hybridized carbons (Fsp3) is 0.143. The number of hydrogen-bond acceptors (Lipinski definition) is 6. The molecule has 1 atom stereocenters. The van der Waals surface area contributed by atoms with Gasteiger partial charge < -0.3 is 14.8 Å². The minimum atomic E-state index is -1.14. The van der Waals surface area contributed by atoms with E-state index in [2.05, 4.69) is 10.4 Å². The van der Waals surface area contributed by atoms with E-state index in [9.17, 15) is 18.8 Å². The maximum absolute atomic E-state index is 13.5. The second kappa shape index (κ2) is 11.3. The second-order valence-electron chi connectivity index (χ2n) is 7.99. The molecule has 8 nitrogen and oxygen atoms in total. The zero-order chi connectivity index (χ0) is 26.4. The SMILES string of the molecule is CCOC(=O)c1cc(-c2cccc(NC(=O)[C@@H](OC(C)=O)c3ccccc3)c2)n(-c2ccc(F)cc2)n1. The summed E-state index contributed by atoms with van der Waals surface area (Å²) in [5.74, 6) is -2.13. The number of anilines is 1. The van der Waals surface area contributed by atoms with Crippen molar-refractivity contribution in [3.63, 3.8) is 0 Å². The third-order valence-corrected chi connectivity index (χ3v) is 5.32. The summed E-state index contributed by atoms with van der Waals surface area (Å²) in [6, 6.07) is 22.8. The number of rotatable bonds is 8. The molecule has 1 N–H and O–H groups in total. The van der Waals surface area contributed by atoms with Gasteiger partial charge in [-0.25, -0.2) is 13.9 Å². The lowest BCUT2D eigenvalue weighted by atomic mass is 10.1. The molecule has 3 aromatic carbocycles. The zero-order valence-electron chi connectivity index (χ0n) is 20.2. The topological polar surface area (TPSA) is 99.5 Å². The molecule has 0 fully saturated rings. The molecule has 0 aliphatic rings. The molecule has 188 valence electrons. The smallest absolute Gasteiger partial charge is 0.358 e. The van der Waals surface area contributed by atoms with Crippen LogP contribution in [0.5, 0.6) is 0 Å². The van der Waals surface area contributed by atoms with Crippen LogP contribution < -0.4 is 5.32 Å². The molecule has 0 radical (unpaired) electrons. The summed E-state index contributed by atoms with van der Waals surface area (Å²) in [6.07, 6.45) is -1.14. The van der Waals surface area contributed by atoms with Crippen molar-refractivity contribution < 1.29 is 28.2 Å². The number of esters is 2. The summed E-state index contributed by atoms with van der Waals surface area (Å²) in [5.41, 5.74) is 2.70. The molecule has 0 aliphatic carbocycles. The number of halogens is 1. The van der Waals surface area contributed by atoms with Gasteiger partial charge in [0.05, 0.1) is 18.0 Å². The van der Waals surface area contributed by atoms with Gasteiger partial charge in [0.2, 0.25) is 6.10 Å². The van der Waals surface area contributed by atoms with E-state index in [-0.39, 0.29) is 12.3 Å². The fourth-order valence-corrected chi connectivity index (χ4v) is 3.70. The van der Waals surface area contributed by atoms with E-state index in [4.69, 9.17) is 9.47 Å². The van der Waals surface area contributed by atoms with Gasteiger partial charge in [0, 0.05) is 23.7 Å². The number of aromatic nitrogens is 2. The van der Waals surface area contributed by atoms with Crippen LogP contribution >= 0.6 is 0 Å². The van der Waals surface area contributed by atoms with Crippen LogP contribution in [0.25, 0.3) is 16.9 Å². The van der Waals surface area contributed by atoms with Gasteiger partial charge in [-0.3, -0.25) is 9.59 Å². The van der Waals surface area contributed by atoms with Gasteiger partial charge in [-0.1, -0.05) is 42.5 Å². The standard InChI is InChI=1S/C28H24FN3O5/c1-3-36-28(35)24-17-25(32(31-24)23-14-12-21(29)13-15-23)20-10-7-11-22(16-20)30-27(34)26(37-18(2)33)19-8-5-4-6-9-19/h4-17,26H,3H2,1-2H3,(H,30,34)/t26-/m0/s1. The molecule has 9 heteroatoms. The molecule has 0 spiro atoms. The third kappa shape index (κ3) is 6.07. The van der Waals surface area contributed by atoms with Gasteiger partial charge in [-0.15, -0.1) is 0 Å². The van der Waals surface area contributed by atoms with E-state index >= 15 is 0 Å². The first-order valence-corrected chi connectivity index (χ1v) is 11.5. The number of hydrogen-bond donors (Lipinski definition) is 1. The molecule has 1 aromatic heterocycles. The number of benzene rings is 3. The Morgan fingerprint density at radius 3 is 2.38 bits per heavy atom. The highest BCUT2D eigenvalue weighted by Crippen LogP contribution is 2.28. The number of carbonyl (C=O) groups excluding carboxylic acids is 3. The molecule has 0 saturated carbocycles. The molecule has 4 rings (SSSR count). The molecule has 4 aromatic rings. The lowest BCUT2D eigenvalue weighted by Gasteiger charge is -2.17. The van der Waals surface area contributed by atoms with Crippen LogP contribution in [-0.4, -0.2) is 34.2 Å². The monoisotopic (exact) mass is 501 g/mol. The van der Waals surface area contributed by atoms with Gasteiger partial charge >= 0.3 is 11.9 Å². The Morgan fingerprint density at radius 1 is 0.973 bits per heavy atom. The first-order valence-electron chi connectivity index (χ1n) is 11.5. The molecule has 0 saturated heterocycles. The number of nitrogens with one attached hydrogen (secondary N) is 1. The molecule has 0 unspecified atom stereocenters. The van der Waals surface area contributed by atoms with E-state index in [0.717, 1.165) is 0 Å². The highest BCUT2D eigenvalue weighted by atomic mass is 19.1. The summed E-state index contributed by atoms with van der Waals surface area (Å²) < 4.78 is 25.4. The van der Waals surface area contributed by atoms with Crippen molar-refractivity contribution in [3.8, 4) is 16.9 Å². The first kappa shape index (κ1) is 25.3. The van der Waals surface area contributed by atoms with Gasteiger partial charge in [-0.2, -0.15) is 5.10 Å². The number of amides is 1. The summed E-state index contributed by atoms with van der Waals surface area (Å²) in [6.45, 7) is 3.12. The Balaban J connectivity index is 1.68. The van der Waals surface area contributed by atoms with Crippen LogP contribution in [-0.2, 0) is 19.1 Å². The summed E-state index contributed by atoms with van der Waals surface area (Å²) in [7, 11) is 0. The minimum absolute atomic E-state index is 0.0783. The predicted octanol–water partition coefficient (Wildman–Crippen LogP) is 5.10. The van der Waals surface area contributed by atoms with E-state index < -0.39 is 29.8 Å². The normalized spacial score (nSPS) is 11.4. The van der Waals surface area contributed by atoms with Crippen LogP contribution in [0.2, 0.25) is 0 Å². The first-order chi connectivity index (χ1) is 17.9. The molecule has 0 aliphatic heterocycles. The highest BCUT2D eigenvalue weighted by Gasteiger charge is 2.24. The van der Waals surface area contributed by atoms with Crippen LogP contribution in [0.1, 0.15) is 36.0 Å². The lowest BCUT2D eigenvalue weighted by Crippen LogP contribution is -2.25. The van der Waals surface area contributed by atoms with Crippen molar-refractivity contribution in [2.24, 2.45) is 0 Å². The summed E-state index contributed by atoms with van der Waals surface area (Å²) in [4.78, 5) is 37.1. The number of carbonyl (C=O) groups is 3. The van der Waals surface area contributed by atoms with Crippen molar-refractivity contribution in [1.29, 1.82) is 0 Å². The number of nitrogens with zero attached hydrogens (tertiary/aromatic N) is 2. The third-order valence-electron chi connectivity index (χ3n) is 5.32. The van der Waals surface area contributed by atoms with Gasteiger partial charge in [-0.05, 0) is 49.4 Å². The fourth-order valence-electron chi connectivity index (χ4n) is 3.70. The molecule has 1 amide bonds. The van der Waals surface area contributed by atoms with Crippen molar-refractivity contribution in [1.82, 2.24) is 9.78 Å². The van der Waals surface area contributed by atoms with E-state index in [1.807, 2.05) is 0 Å². The van der Waals surface area contributed by atoms with Crippen LogP contribution in [0.15, 0.2) is 84.9 Å². The molecule has 0 bridgehead atoms. The molecule has 37 heavy (non-hydrogen) atoms. The van der Waals surface area contributed by atoms with E-state index in [1.165, 1.54) is 35.9 Å². The Bertz CT molecular complexity index is 1420. The molecular formula is C28H24FN3O5. The van der Waals surface area contributed by atoms with Crippen LogP contribution in [0.3, 0.4) is 0 Å². The Hall–Kier alpha value is -4.79. The van der Waals surface area contributed by atoms with Crippen molar-refractivity contribution in [2.75, 3.05) is 11.9 Å². The average Bonchev–Trinajstić information content (AvgIpc) is 3.34. The maximum Gasteiger partial charge on any atom is 0.358 e. The summed E-state index contributed by atoms with van der Waals surface area (Å²) >= 11 is 0.